The molecule has 0 bridgehead atoms. The minimum Gasteiger partial charge on any atom is -0.378 e. The molecule has 0 saturated heterocycles. The smallest absolute Gasteiger partial charge is 0.378 e. The van der Waals surface area contributed by atoms with Crippen molar-refractivity contribution in [2.75, 3.05) is 0 Å². The number of rotatable bonds is 2. The lowest BCUT2D eigenvalue weighted by Crippen LogP contribution is -2.21. The Hall–Kier alpha value is -0.560. The van der Waals surface area contributed by atoms with Crippen LogP contribution in [0.25, 0.3) is 0 Å². The van der Waals surface area contributed by atoms with E-state index in [9.17, 15) is 13.2 Å². The molecule has 0 aliphatic rings. The normalized spacial score (nSPS) is 14.3. The van der Waals surface area contributed by atoms with E-state index in [1.54, 1.807) is 6.92 Å². The minimum atomic E-state index is -4.69. The van der Waals surface area contributed by atoms with Gasteiger partial charge >= 0.3 is 6.18 Å². The van der Waals surface area contributed by atoms with Crippen LogP contribution in [0.4, 0.5) is 13.2 Å². The minimum absolute atomic E-state index is 0.220. The van der Waals surface area contributed by atoms with E-state index in [0.717, 1.165) is 0 Å². The number of hydrogen-bond donors (Lipinski definition) is 1. The number of aromatic nitrogens is 2. The van der Waals surface area contributed by atoms with Crippen molar-refractivity contribution in [1.29, 1.82) is 0 Å². The monoisotopic (exact) mass is 286 g/mol. The summed E-state index contributed by atoms with van der Waals surface area (Å²) in [5.74, 6) is 0. The molecule has 1 atom stereocenters. The number of aliphatic hydroxyl groups excluding tert-OH is 1. The van der Waals surface area contributed by atoms with E-state index in [2.05, 4.69) is 21.0 Å². The van der Waals surface area contributed by atoms with E-state index in [1.807, 2.05) is 0 Å². The molecule has 0 spiro atoms. The zero-order chi connectivity index (χ0) is 11.8. The highest BCUT2D eigenvalue weighted by atomic mass is 79.9. The lowest BCUT2D eigenvalue weighted by Gasteiger charge is -2.12. The van der Waals surface area contributed by atoms with Gasteiger partial charge in [0.05, 0.1) is 10.2 Å². The maximum absolute atomic E-state index is 12.2. The molecule has 0 aliphatic heterocycles. The first-order valence-electron chi connectivity index (χ1n) is 4.25. The summed E-state index contributed by atoms with van der Waals surface area (Å²) in [7, 11) is 1.54. The Morgan fingerprint density at radius 3 is 2.40 bits per heavy atom. The van der Waals surface area contributed by atoms with Crippen LogP contribution >= 0.6 is 15.9 Å². The van der Waals surface area contributed by atoms with Crippen LogP contribution in [0.15, 0.2) is 4.47 Å². The Bertz CT molecular complexity index is 362. The lowest BCUT2D eigenvalue weighted by atomic mass is 10.2. The number of hydrogen-bond acceptors (Lipinski definition) is 2. The molecule has 1 N–H and O–H groups in total. The highest BCUT2D eigenvalue weighted by molar-refractivity contribution is 9.10. The Labute approximate surface area is 93.0 Å². The fraction of sp³-hybridized carbons (Fsp3) is 0.625. The number of alkyl halides is 3. The summed E-state index contributed by atoms with van der Waals surface area (Å²) >= 11 is 3.01. The number of halogens is 4. The molecule has 0 radical (unpaired) electrons. The van der Waals surface area contributed by atoms with Gasteiger partial charge in [-0.15, -0.1) is 0 Å². The van der Waals surface area contributed by atoms with Crippen LogP contribution in [0.5, 0.6) is 0 Å². The third-order valence-corrected chi connectivity index (χ3v) is 2.89. The Morgan fingerprint density at radius 1 is 1.53 bits per heavy atom. The van der Waals surface area contributed by atoms with E-state index in [-0.39, 0.29) is 10.2 Å². The molecule has 1 unspecified atom stereocenters. The van der Waals surface area contributed by atoms with Crippen molar-refractivity contribution in [1.82, 2.24) is 9.78 Å². The van der Waals surface area contributed by atoms with Crippen LogP contribution in [0.1, 0.15) is 24.4 Å². The van der Waals surface area contributed by atoms with E-state index in [1.165, 1.54) is 11.7 Å². The van der Waals surface area contributed by atoms with Gasteiger partial charge < -0.3 is 5.11 Å². The van der Waals surface area contributed by atoms with Crippen molar-refractivity contribution in [3.05, 3.63) is 15.9 Å². The van der Waals surface area contributed by atoms with Crippen molar-refractivity contribution in [3.8, 4) is 0 Å². The highest BCUT2D eigenvalue weighted by Gasteiger charge is 2.42. The highest BCUT2D eigenvalue weighted by Crippen LogP contribution is 2.36. The standard InChI is InChI=1S/C8H10BrF3N2O/c1-3-4-5(9)6(13-14(4)2)7(15)8(10,11)12/h7,15H,3H2,1-2H3. The molecule has 0 fully saturated rings. The number of nitrogens with zero attached hydrogens (tertiary/aromatic N) is 2. The topological polar surface area (TPSA) is 38.1 Å². The lowest BCUT2D eigenvalue weighted by molar-refractivity contribution is -0.208. The summed E-state index contributed by atoms with van der Waals surface area (Å²) in [5.41, 5.74) is 0.232. The van der Waals surface area contributed by atoms with Gasteiger partial charge in [0.25, 0.3) is 0 Å². The summed E-state index contributed by atoms with van der Waals surface area (Å²) in [6.45, 7) is 1.80. The zero-order valence-corrected chi connectivity index (χ0v) is 9.72. The predicted molar refractivity (Wildman–Crippen MR) is 51.3 cm³/mol. The second-order valence-electron chi connectivity index (χ2n) is 3.07. The fourth-order valence-electron chi connectivity index (χ4n) is 1.27. The first-order chi connectivity index (χ1) is 6.79. The third-order valence-electron chi connectivity index (χ3n) is 2.03. The molecular formula is C8H10BrF3N2O. The molecule has 15 heavy (non-hydrogen) atoms. The van der Waals surface area contributed by atoms with E-state index < -0.39 is 12.3 Å². The van der Waals surface area contributed by atoms with E-state index >= 15 is 0 Å². The number of aryl methyl sites for hydroxylation is 1. The Balaban J connectivity index is 3.16. The maximum atomic E-state index is 12.2. The van der Waals surface area contributed by atoms with Crippen LogP contribution in [-0.4, -0.2) is 21.1 Å². The van der Waals surface area contributed by atoms with Crippen molar-refractivity contribution in [2.24, 2.45) is 7.05 Å². The van der Waals surface area contributed by atoms with Crippen molar-refractivity contribution in [3.63, 3.8) is 0 Å². The first kappa shape index (κ1) is 12.5. The van der Waals surface area contributed by atoms with Crippen LogP contribution < -0.4 is 0 Å². The van der Waals surface area contributed by atoms with Crippen LogP contribution in [-0.2, 0) is 13.5 Å². The van der Waals surface area contributed by atoms with Gasteiger partial charge in [-0.05, 0) is 22.4 Å². The van der Waals surface area contributed by atoms with Gasteiger partial charge in [-0.2, -0.15) is 18.3 Å². The SMILES string of the molecule is CCc1c(Br)c(C(O)C(F)(F)F)nn1C. The van der Waals surface area contributed by atoms with Crippen LogP contribution in [0.2, 0.25) is 0 Å². The quantitative estimate of drug-likeness (QED) is 0.906. The second-order valence-corrected chi connectivity index (χ2v) is 3.86. The molecule has 3 nitrogen and oxygen atoms in total. The van der Waals surface area contributed by atoms with Crippen molar-refractivity contribution in [2.45, 2.75) is 25.6 Å². The second kappa shape index (κ2) is 4.13. The first-order valence-corrected chi connectivity index (χ1v) is 5.04. The number of aliphatic hydroxyl groups is 1. The van der Waals surface area contributed by atoms with Crippen LogP contribution in [0, 0.1) is 0 Å². The van der Waals surface area contributed by atoms with Gasteiger partial charge in [0.2, 0.25) is 0 Å². The zero-order valence-electron chi connectivity index (χ0n) is 8.14. The molecule has 0 saturated carbocycles. The molecule has 0 amide bonds. The Kier molecular flexibility index (Phi) is 3.44. The van der Waals surface area contributed by atoms with Gasteiger partial charge in [-0.25, -0.2) is 0 Å². The van der Waals surface area contributed by atoms with Crippen LogP contribution in [0.3, 0.4) is 0 Å². The van der Waals surface area contributed by atoms with Crippen molar-refractivity contribution < 1.29 is 18.3 Å². The molecule has 0 aliphatic carbocycles. The van der Waals surface area contributed by atoms with E-state index in [0.29, 0.717) is 12.1 Å². The summed E-state index contributed by atoms with van der Waals surface area (Å²) in [5, 5.41) is 12.7. The Morgan fingerprint density at radius 2 is 2.07 bits per heavy atom. The molecule has 0 aromatic carbocycles. The summed E-state index contributed by atoms with van der Waals surface area (Å²) in [6.07, 6.45) is -6.70. The predicted octanol–water partition coefficient (Wildman–Crippen LogP) is 2.34. The summed E-state index contributed by atoms with van der Waals surface area (Å²) in [6, 6.07) is 0. The molecule has 1 rings (SSSR count). The van der Waals surface area contributed by atoms with E-state index in [4.69, 9.17) is 5.11 Å². The molecule has 1 aromatic heterocycles. The third kappa shape index (κ3) is 2.34. The van der Waals surface area contributed by atoms with Crippen molar-refractivity contribution >= 4 is 15.9 Å². The fourth-order valence-corrected chi connectivity index (χ4v) is 2.10. The molecule has 1 aromatic rings. The average molecular weight is 287 g/mol. The van der Waals surface area contributed by atoms with Gasteiger partial charge in [-0.3, -0.25) is 4.68 Å². The van der Waals surface area contributed by atoms with Gasteiger partial charge in [0.15, 0.2) is 6.10 Å². The molecule has 86 valence electrons. The van der Waals surface area contributed by atoms with Gasteiger partial charge in [0, 0.05) is 7.05 Å². The van der Waals surface area contributed by atoms with Gasteiger partial charge in [0.1, 0.15) is 5.69 Å². The largest absolute Gasteiger partial charge is 0.420 e. The molecular weight excluding hydrogens is 277 g/mol. The molecule has 1 heterocycles. The average Bonchev–Trinajstić information content (AvgIpc) is 2.39. The summed E-state index contributed by atoms with van der Waals surface area (Å²) < 4.78 is 38.3. The summed E-state index contributed by atoms with van der Waals surface area (Å²) in [4.78, 5) is 0. The maximum Gasteiger partial charge on any atom is 0.420 e. The molecule has 7 heteroatoms. The van der Waals surface area contributed by atoms with Gasteiger partial charge in [-0.1, -0.05) is 6.92 Å².